The highest BCUT2D eigenvalue weighted by atomic mass is 35.5. The van der Waals surface area contributed by atoms with Crippen LogP contribution in [0, 0.1) is 0 Å². The normalized spacial score (nSPS) is 23.1. The highest BCUT2D eigenvalue weighted by molar-refractivity contribution is 7.85. The van der Waals surface area contributed by atoms with Crippen LogP contribution >= 0.6 is 23.2 Å². The number of hydrogen-bond acceptors (Lipinski definition) is 4. The zero-order valence-electron chi connectivity index (χ0n) is 10.7. The molecule has 1 aliphatic heterocycles. The Kier molecular flexibility index (Phi) is 5.30. The van der Waals surface area contributed by atoms with E-state index >= 15 is 0 Å². The third-order valence-electron chi connectivity index (χ3n) is 3.00. The van der Waals surface area contributed by atoms with E-state index in [4.69, 9.17) is 23.2 Å². The molecule has 0 radical (unpaired) electrons. The van der Waals surface area contributed by atoms with E-state index in [9.17, 15) is 4.21 Å². The van der Waals surface area contributed by atoms with Gasteiger partial charge in [0, 0.05) is 34.9 Å². The van der Waals surface area contributed by atoms with Gasteiger partial charge in [0.25, 0.3) is 0 Å². The largest absolute Gasteiger partial charge is 0.369 e. The molecule has 2 N–H and O–H groups in total. The fourth-order valence-corrected chi connectivity index (χ4v) is 3.77. The molecular formula is C12H17Cl2N3OS. The first-order valence-electron chi connectivity index (χ1n) is 6.31. The van der Waals surface area contributed by atoms with Crippen LogP contribution in [0.5, 0.6) is 0 Å². The second-order valence-electron chi connectivity index (χ2n) is 4.45. The van der Waals surface area contributed by atoms with Crippen LogP contribution in [-0.2, 0) is 10.8 Å². The van der Waals surface area contributed by atoms with Crippen molar-refractivity contribution in [2.75, 3.05) is 28.7 Å². The van der Waals surface area contributed by atoms with Crippen LogP contribution < -0.4 is 10.6 Å². The first kappa shape index (κ1) is 14.9. The van der Waals surface area contributed by atoms with Crippen molar-refractivity contribution < 1.29 is 4.21 Å². The zero-order valence-corrected chi connectivity index (χ0v) is 13.0. The predicted molar refractivity (Wildman–Crippen MR) is 82.9 cm³/mol. The molecule has 0 saturated carbocycles. The van der Waals surface area contributed by atoms with Crippen molar-refractivity contribution in [3.05, 3.63) is 16.1 Å². The predicted octanol–water partition coefficient (Wildman–Crippen LogP) is 3.14. The summed E-state index contributed by atoms with van der Waals surface area (Å²) in [6, 6.07) is 1.97. The van der Waals surface area contributed by atoms with Crippen LogP contribution in [0.15, 0.2) is 6.07 Å². The first-order chi connectivity index (χ1) is 9.10. The zero-order chi connectivity index (χ0) is 13.8. The van der Waals surface area contributed by atoms with Gasteiger partial charge >= 0.3 is 0 Å². The molecule has 0 aliphatic carbocycles. The fraction of sp³-hybridized carbons (Fsp3) is 0.583. The SMILES string of the molecule is CCNc1nc(NC2CCS(=O)CC2)c(Cl)cc1Cl. The van der Waals surface area contributed by atoms with Gasteiger partial charge in [0.15, 0.2) is 0 Å². The number of pyridine rings is 1. The summed E-state index contributed by atoms with van der Waals surface area (Å²) < 4.78 is 11.3. The highest BCUT2D eigenvalue weighted by Crippen LogP contribution is 2.30. The summed E-state index contributed by atoms with van der Waals surface area (Å²) in [6.07, 6.45) is 1.76. The molecule has 0 atom stereocenters. The maximum absolute atomic E-state index is 11.3. The lowest BCUT2D eigenvalue weighted by Crippen LogP contribution is -2.29. The molecule has 1 saturated heterocycles. The van der Waals surface area contributed by atoms with E-state index in [2.05, 4.69) is 15.6 Å². The summed E-state index contributed by atoms with van der Waals surface area (Å²) in [5.41, 5.74) is 0. The molecular weight excluding hydrogens is 305 g/mol. The molecule has 19 heavy (non-hydrogen) atoms. The first-order valence-corrected chi connectivity index (χ1v) is 8.56. The summed E-state index contributed by atoms with van der Waals surface area (Å²) >= 11 is 12.2. The Bertz CT molecular complexity index is 474. The third-order valence-corrected chi connectivity index (χ3v) is 4.96. The number of rotatable bonds is 4. The standard InChI is InChI=1S/C12H17Cl2N3OS/c1-2-15-11-9(13)7-10(14)12(17-11)16-8-3-5-19(18)6-4-8/h7-8H,2-6H2,1H3,(H2,15,16,17). The van der Waals surface area contributed by atoms with Crippen molar-refractivity contribution in [2.24, 2.45) is 0 Å². The van der Waals surface area contributed by atoms with Crippen LogP contribution in [0.1, 0.15) is 19.8 Å². The minimum Gasteiger partial charge on any atom is -0.369 e. The Morgan fingerprint density at radius 1 is 1.32 bits per heavy atom. The molecule has 1 aromatic rings. The average Bonchev–Trinajstić information content (AvgIpc) is 2.38. The van der Waals surface area contributed by atoms with Crippen molar-refractivity contribution >= 4 is 45.6 Å². The number of anilines is 2. The summed E-state index contributed by atoms with van der Waals surface area (Å²) in [5.74, 6) is 2.75. The van der Waals surface area contributed by atoms with E-state index in [-0.39, 0.29) is 6.04 Å². The van der Waals surface area contributed by atoms with Gasteiger partial charge in [0.2, 0.25) is 0 Å². The van der Waals surface area contributed by atoms with Crippen molar-refractivity contribution in [3.63, 3.8) is 0 Å². The van der Waals surface area contributed by atoms with E-state index in [0.29, 0.717) is 21.7 Å². The molecule has 2 rings (SSSR count). The van der Waals surface area contributed by atoms with Gasteiger partial charge in [-0.2, -0.15) is 0 Å². The maximum atomic E-state index is 11.3. The van der Waals surface area contributed by atoms with Gasteiger partial charge in [-0.15, -0.1) is 0 Å². The van der Waals surface area contributed by atoms with Gasteiger partial charge in [-0.05, 0) is 25.8 Å². The van der Waals surface area contributed by atoms with Crippen molar-refractivity contribution in [3.8, 4) is 0 Å². The van der Waals surface area contributed by atoms with E-state index in [1.54, 1.807) is 6.07 Å². The smallest absolute Gasteiger partial charge is 0.147 e. The highest BCUT2D eigenvalue weighted by Gasteiger charge is 2.19. The number of halogens is 2. The Hall–Kier alpha value is -0.520. The number of nitrogens with one attached hydrogen (secondary N) is 2. The molecule has 0 aromatic carbocycles. The second kappa shape index (κ2) is 6.77. The van der Waals surface area contributed by atoms with Gasteiger partial charge in [0.05, 0.1) is 10.0 Å². The second-order valence-corrected chi connectivity index (χ2v) is 6.96. The Balaban J connectivity index is 2.10. The van der Waals surface area contributed by atoms with Crippen molar-refractivity contribution in [1.29, 1.82) is 0 Å². The molecule has 1 aliphatic rings. The minimum atomic E-state index is -0.662. The summed E-state index contributed by atoms with van der Waals surface area (Å²) in [5, 5.41) is 7.45. The molecule has 106 valence electrons. The van der Waals surface area contributed by atoms with Crippen molar-refractivity contribution in [1.82, 2.24) is 4.98 Å². The van der Waals surface area contributed by atoms with Crippen LogP contribution in [0.3, 0.4) is 0 Å². The van der Waals surface area contributed by atoms with Crippen molar-refractivity contribution in [2.45, 2.75) is 25.8 Å². The van der Waals surface area contributed by atoms with Gasteiger partial charge in [-0.3, -0.25) is 4.21 Å². The molecule has 1 aromatic heterocycles. The van der Waals surface area contributed by atoms with Crippen LogP contribution in [0.4, 0.5) is 11.6 Å². The number of nitrogens with zero attached hydrogens (tertiary/aromatic N) is 1. The maximum Gasteiger partial charge on any atom is 0.147 e. The molecule has 0 spiro atoms. The summed E-state index contributed by atoms with van der Waals surface area (Å²) in [4.78, 5) is 4.41. The topological polar surface area (TPSA) is 54.0 Å². The number of aromatic nitrogens is 1. The van der Waals surface area contributed by atoms with Gasteiger partial charge in [0.1, 0.15) is 11.6 Å². The molecule has 0 unspecified atom stereocenters. The van der Waals surface area contributed by atoms with E-state index in [1.807, 2.05) is 6.92 Å². The molecule has 0 bridgehead atoms. The lowest BCUT2D eigenvalue weighted by atomic mass is 10.1. The summed E-state index contributed by atoms with van der Waals surface area (Å²) in [6.45, 7) is 2.73. The minimum absolute atomic E-state index is 0.276. The van der Waals surface area contributed by atoms with Crippen LogP contribution in [0.2, 0.25) is 10.0 Å². The lowest BCUT2D eigenvalue weighted by molar-refractivity contribution is 0.622. The van der Waals surface area contributed by atoms with Crippen LogP contribution in [-0.4, -0.2) is 33.3 Å². The third kappa shape index (κ3) is 3.97. The quantitative estimate of drug-likeness (QED) is 0.894. The van der Waals surface area contributed by atoms with Gasteiger partial charge in [-0.1, -0.05) is 23.2 Å². The van der Waals surface area contributed by atoms with Gasteiger partial charge in [-0.25, -0.2) is 4.98 Å². The Morgan fingerprint density at radius 3 is 2.58 bits per heavy atom. The van der Waals surface area contributed by atoms with E-state index in [1.165, 1.54) is 0 Å². The Labute approximate surface area is 125 Å². The van der Waals surface area contributed by atoms with E-state index in [0.717, 1.165) is 30.9 Å². The average molecular weight is 322 g/mol. The molecule has 0 amide bonds. The lowest BCUT2D eigenvalue weighted by Gasteiger charge is -2.24. The molecule has 1 fully saturated rings. The Morgan fingerprint density at radius 2 is 1.95 bits per heavy atom. The molecule has 7 heteroatoms. The van der Waals surface area contributed by atoms with Crippen LogP contribution in [0.25, 0.3) is 0 Å². The van der Waals surface area contributed by atoms with Gasteiger partial charge < -0.3 is 10.6 Å². The monoisotopic (exact) mass is 321 g/mol. The van der Waals surface area contributed by atoms with E-state index < -0.39 is 10.8 Å². The fourth-order valence-electron chi connectivity index (χ4n) is 1.99. The molecule has 2 heterocycles. The number of hydrogen-bond donors (Lipinski definition) is 2. The molecule has 4 nitrogen and oxygen atoms in total. The summed E-state index contributed by atoms with van der Waals surface area (Å²) in [7, 11) is -0.662.